The SMILES string of the molecule is CCOC(=O)[C@H](CS)NC(=O)c1ccn(COc2ccc(F)cc2)n1. The molecule has 7 nitrogen and oxygen atoms in total. The van der Waals surface area contributed by atoms with Crippen molar-refractivity contribution in [3.05, 3.63) is 48.0 Å². The molecule has 0 aliphatic rings. The Hall–Kier alpha value is -2.55. The van der Waals surface area contributed by atoms with Gasteiger partial charge in [0.1, 0.15) is 23.3 Å². The standard InChI is InChI=1S/C16H18FN3O4S/c1-2-23-16(22)14(9-25)18-15(21)13-7-8-20(19-13)10-24-12-5-3-11(17)4-6-12/h3-8,14,25H,2,9-10H2,1H3,(H,18,21)/t14-/m0/s1. The van der Waals surface area contributed by atoms with Gasteiger partial charge in [-0.15, -0.1) is 0 Å². The van der Waals surface area contributed by atoms with Gasteiger partial charge in [0.25, 0.3) is 5.91 Å². The number of nitrogens with one attached hydrogen (secondary N) is 1. The predicted octanol–water partition coefficient (Wildman–Crippen LogP) is 1.65. The fraction of sp³-hybridized carbons (Fsp3) is 0.312. The van der Waals surface area contributed by atoms with Gasteiger partial charge in [-0.3, -0.25) is 4.79 Å². The number of carbonyl (C=O) groups excluding carboxylic acids is 2. The molecular formula is C16H18FN3O4S. The van der Waals surface area contributed by atoms with E-state index in [1.54, 1.807) is 13.1 Å². The summed E-state index contributed by atoms with van der Waals surface area (Å²) in [4.78, 5) is 23.8. The lowest BCUT2D eigenvalue weighted by atomic mass is 10.3. The molecule has 1 heterocycles. The minimum Gasteiger partial charge on any atom is -0.471 e. The maximum Gasteiger partial charge on any atom is 0.329 e. The van der Waals surface area contributed by atoms with E-state index in [9.17, 15) is 14.0 Å². The number of hydrogen-bond acceptors (Lipinski definition) is 6. The van der Waals surface area contributed by atoms with Crippen LogP contribution in [0.1, 0.15) is 17.4 Å². The van der Waals surface area contributed by atoms with Crippen molar-refractivity contribution in [1.29, 1.82) is 0 Å². The number of nitrogens with zero attached hydrogens (tertiary/aromatic N) is 2. The van der Waals surface area contributed by atoms with Gasteiger partial charge in [0.15, 0.2) is 6.73 Å². The molecule has 9 heteroatoms. The van der Waals surface area contributed by atoms with Gasteiger partial charge in [-0.25, -0.2) is 13.9 Å². The van der Waals surface area contributed by atoms with Crippen LogP contribution in [-0.2, 0) is 16.3 Å². The summed E-state index contributed by atoms with van der Waals surface area (Å²) in [6.45, 7) is 1.94. The van der Waals surface area contributed by atoms with Crippen molar-refractivity contribution in [1.82, 2.24) is 15.1 Å². The number of benzene rings is 1. The summed E-state index contributed by atoms with van der Waals surface area (Å²) < 4.78 is 24.5. The average Bonchev–Trinajstić information content (AvgIpc) is 3.08. The summed E-state index contributed by atoms with van der Waals surface area (Å²) in [5.74, 6) is -0.845. The molecule has 1 aromatic heterocycles. The minimum absolute atomic E-state index is 0.0484. The van der Waals surface area contributed by atoms with Crippen LogP contribution in [0.25, 0.3) is 0 Å². The largest absolute Gasteiger partial charge is 0.471 e. The lowest BCUT2D eigenvalue weighted by Gasteiger charge is -2.14. The zero-order valence-corrected chi connectivity index (χ0v) is 14.4. The third-order valence-electron chi connectivity index (χ3n) is 3.11. The number of amides is 1. The first kappa shape index (κ1) is 18.8. The van der Waals surface area contributed by atoms with E-state index in [0.29, 0.717) is 5.75 Å². The van der Waals surface area contributed by atoms with Crippen LogP contribution in [0.15, 0.2) is 36.5 Å². The van der Waals surface area contributed by atoms with Gasteiger partial charge < -0.3 is 14.8 Å². The number of aromatic nitrogens is 2. The second-order valence-corrected chi connectivity index (χ2v) is 5.29. The number of carbonyl (C=O) groups is 2. The van der Waals surface area contributed by atoms with Gasteiger partial charge >= 0.3 is 5.97 Å². The van der Waals surface area contributed by atoms with Crippen LogP contribution < -0.4 is 10.1 Å². The number of thiol groups is 1. The van der Waals surface area contributed by atoms with Crippen molar-refractivity contribution >= 4 is 24.5 Å². The quantitative estimate of drug-likeness (QED) is 0.548. The van der Waals surface area contributed by atoms with Crippen LogP contribution in [0.3, 0.4) is 0 Å². The molecule has 134 valence electrons. The molecular weight excluding hydrogens is 349 g/mol. The number of ether oxygens (including phenoxy) is 2. The van der Waals surface area contributed by atoms with Crippen LogP contribution in [0.2, 0.25) is 0 Å². The smallest absolute Gasteiger partial charge is 0.329 e. The number of esters is 1. The monoisotopic (exact) mass is 367 g/mol. The molecule has 0 saturated carbocycles. The van der Waals surface area contributed by atoms with Crippen molar-refractivity contribution in [2.75, 3.05) is 12.4 Å². The number of rotatable bonds is 8. The molecule has 0 saturated heterocycles. The molecule has 1 aromatic carbocycles. The second kappa shape index (κ2) is 9.07. The first-order valence-electron chi connectivity index (χ1n) is 7.53. The maximum atomic E-state index is 12.8. The van der Waals surface area contributed by atoms with Crippen molar-refractivity contribution in [3.63, 3.8) is 0 Å². The van der Waals surface area contributed by atoms with E-state index >= 15 is 0 Å². The minimum atomic E-state index is -0.851. The first-order chi connectivity index (χ1) is 12.0. The van der Waals surface area contributed by atoms with Crippen molar-refractivity contribution in [2.45, 2.75) is 19.7 Å². The zero-order valence-electron chi connectivity index (χ0n) is 13.5. The van der Waals surface area contributed by atoms with Crippen molar-refractivity contribution < 1.29 is 23.5 Å². The van der Waals surface area contributed by atoms with Gasteiger partial charge in [0.2, 0.25) is 0 Å². The molecule has 2 aromatic rings. The molecule has 0 fully saturated rings. The van der Waals surface area contributed by atoms with Crippen LogP contribution >= 0.6 is 12.6 Å². The lowest BCUT2D eigenvalue weighted by Crippen LogP contribution is -2.43. The van der Waals surface area contributed by atoms with Crippen LogP contribution in [0.4, 0.5) is 4.39 Å². The molecule has 0 spiro atoms. The highest BCUT2D eigenvalue weighted by Crippen LogP contribution is 2.11. The Bertz CT molecular complexity index is 720. The highest BCUT2D eigenvalue weighted by molar-refractivity contribution is 7.80. The first-order valence-corrected chi connectivity index (χ1v) is 8.17. The number of hydrogen-bond donors (Lipinski definition) is 2. The fourth-order valence-electron chi connectivity index (χ4n) is 1.88. The Morgan fingerprint density at radius 1 is 1.32 bits per heavy atom. The van der Waals surface area contributed by atoms with Crippen LogP contribution in [-0.4, -0.2) is 40.1 Å². The Kier molecular flexibility index (Phi) is 6.81. The van der Waals surface area contributed by atoms with E-state index in [2.05, 4.69) is 23.0 Å². The summed E-state index contributed by atoms with van der Waals surface area (Å²) >= 11 is 4.03. The van der Waals surface area contributed by atoms with E-state index in [0.717, 1.165) is 0 Å². The Balaban J connectivity index is 1.91. The molecule has 0 radical (unpaired) electrons. The summed E-state index contributed by atoms with van der Waals surface area (Å²) in [6, 6.07) is 6.18. The summed E-state index contributed by atoms with van der Waals surface area (Å²) in [5, 5.41) is 6.58. The number of halogens is 1. The van der Waals surface area contributed by atoms with E-state index in [1.165, 1.54) is 35.0 Å². The third kappa shape index (κ3) is 5.49. The zero-order chi connectivity index (χ0) is 18.2. The molecule has 1 N–H and O–H groups in total. The summed E-state index contributed by atoms with van der Waals surface area (Å²) in [7, 11) is 0. The molecule has 0 aliphatic heterocycles. The molecule has 0 aliphatic carbocycles. The molecule has 0 unspecified atom stereocenters. The highest BCUT2D eigenvalue weighted by atomic mass is 32.1. The average molecular weight is 367 g/mol. The van der Waals surface area contributed by atoms with Gasteiger partial charge in [-0.05, 0) is 37.3 Å². The van der Waals surface area contributed by atoms with Crippen molar-refractivity contribution in [2.24, 2.45) is 0 Å². The van der Waals surface area contributed by atoms with E-state index in [-0.39, 0.29) is 30.6 Å². The van der Waals surface area contributed by atoms with Gasteiger partial charge in [-0.1, -0.05) is 0 Å². The normalized spacial score (nSPS) is 11.6. The third-order valence-corrected chi connectivity index (χ3v) is 3.47. The Labute approximate surface area is 149 Å². The second-order valence-electron chi connectivity index (χ2n) is 4.93. The van der Waals surface area contributed by atoms with Gasteiger partial charge in [0, 0.05) is 11.9 Å². The van der Waals surface area contributed by atoms with Gasteiger partial charge in [0.05, 0.1) is 6.61 Å². The topological polar surface area (TPSA) is 82.5 Å². The molecule has 1 amide bonds. The van der Waals surface area contributed by atoms with Crippen LogP contribution in [0, 0.1) is 5.82 Å². The van der Waals surface area contributed by atoms with E-state index in [4.69, 9.17) is 9.47 Å². The summed E-state index contributed by atoms with van der Waals surface area (Å²) in [6.07, 6.45) is 1.55. The molecule has 25 heavy (non-hydrogen) atoms. The van der Waals surface area contributed by atoms with Crippen molar-refractivity contribution in [3.8, 4) is 5.75 Å². The molecule has 0 bridgehead atoms. The summed E-state index contributed by atoms with van der Waals surface area (Å²) in [5.41, 5.74) is 0.124. The Morgan fingerprint density at radius 2 is 2.04 bits per heavy atom. The molecule has 1 atom stereocenters. The van der Waals surface area contributed by atoms with Crippen LogP contribution in [0.5, 0.6) is 5.75 Å². The van der Waals surface area contributed by atoms with E-state index in [1.807, 2.05) is 0 Å². The van der Waals surface area contributed by atoms with Gasteiger partial charge in [-0.2, -0.15) is 17.7 Å². The van der Waals surface area contributed by atoms with E-state index < -0.39 is 17.9 Å². The predicted molar refractivity (Wildman–Crippen MR) is 91.0 cm³/mol. The molecule has 2 rings (SSSR count). The maximum absolute atomic E-state index is 12.8. The fourth-order valence-corrected chi connectivity index (χ4v) is 2.12. The lowest BCUT2D eigenvalue weighted by molar-refractivity contribution is -0.144. The Morgan fingerprint density at radius 3 is 2.68 bits per heavy atom. The highest BCUT2D eigenvalue weighted by Gasteiger charge is 2.22.